The summed E-state index contributed by atoms with van der Waals surface area (Å²) in [6.45, 7) is 1.63. The van der Waals surface area contributed by atoms with Crippen LogP contribution >= 0.6 is 0 Å². The molecule has 1 aliphatic heterocycles. The normalized spacial score (nSPS) is 23.6. The summed E-state index contributed by atoms with van der Waals surface area (Å²) < 4.78 is 9.46. The molecule has 1 rings (SSSR count). The molecule has 0 unspecified atom stereocenters. The molecule has 1 amide bonds. The minimum absolute atomic E-state index is 0.205. The molecule has 1 fully saturated rings. The topological polar surface area (TPSA) is 131 Å². The summed E-state index contributed by atoms with van der Waals surface area (Å²) in [4.78, 5) is 32.9. The molecule has 0 aromatic heterocycles. The second-order valence-corrected chi connectivity index (χ2v) is 3.42. The Morgan fingerprint density at radius 1 is 1.47 bits per heavy atom. The minimum atomic E-state index is -1.22. The molecule has 4 N–H and O–H groups in total. The number of carbonyl (C=O) groups is 3. The Morgan fingerprint density at radius 3 is 2.65 bits per heavy atom. The van der Waals surface area contributed by atoms with Gasteiger partial charge in [-0.15, -0.1) is 0 Å². The fourth-order valence-electron chi connectivity index (χ4n) is 1.11. The van der Waals surface area contributed by atoms with E-state index in [0.29, 0.717) is 0 Å². The fourth-order valence-corrected chi connectivity index (χ4v) is 1.11. The van der Waals surface area contributed by atoms with Crippen LogP contribution in [0.25, 0.3) is 0 Å². The number of epoxide rings is 1. The van der Waals surface area contributed by atoms with Crippen molar-refractivity contribution >= 4 is 17.8 Å². The average molecular weight is 246 g/mol. The highest BCUT2D eigenvalue weighted by Gasteiger charge is 2.51. The number of amides is 1. The number of hydrogen-bond donors (Lipinski definition) is 3. The van der Waals surface area contributed by atoms with Crippen LogP contribution in [0.4, 0.5) is 0 Å². The summed E-state index contributed by atoms with van der Waals surface area (Å²) in [5.41, 5.74) is 5.18. The lowest BCUT2D eigenvalue weighted by Crippen LogP contribution is -2.44. The van der Waals surface area contributed by atoms with Crippen LogP contribution in [0.15, 0.2) is 0 Å². The van der Waals surface area contributed by atoms with Gasteiger partial charge in [0.15, 0.2) is 12.2 Å². The third kappa shape index (κ3) is 3.68. The predicted molar refractivity (Wildman–Crippen MR) is 53.9 cm³/mol. The average Bonchev–Trinajstić information content (AvgIpc) is 3.05. The van der Waals surface area contributed by atoms with E-state index in [1.54, 1.807) is 6.92 Å². The Bertz CT molecular complexity index is 331. The summed E-state index contributed by atoms with van der Waals surface area (Å²) in [5, 5.41) is 10.8. The van der Waals surface area contributed by atoms with Gasteiger partial charge in [-0.05, 0) is 6.92 Å². The van der Waals surface area contributed by atoms with Crippen molar-refractivity contribution in [3.8, 4) is 0 Å². The molecule has 0 saturated carbocycles. The van der Waals surface area contributed by atoms with Gasteiger partial charge in [-0.3, -0.25) is 9.59 Å². The first-order chi connectivity index (χ1) is 7.97. The number of rotatable bonds is 6. The van der Waals surface area contributed by atoms with E-state index in [9.17, 15) is 14.4 Å². The SMILES string of the molecule is CCOC(=O)[C@@H]1O[C@H]1C(=O)NC[C@H](N)C(=O)O. The lowest BCUT2D eigenvalue weighted by atomic mass is 10.2. The molecule has 8 heteroatoms. The maximum Gasteiger partial charge on any atom is 0.338 e. The van der Waals surface area contributed by atoms with Gasteiger partial charge in [-0.1, -0.05) is 0 Å². The first-order valence-electron chi connectivity index (χ1n) is 5.05. The number of carboxylic acid groups (broad SMARTS) is 1. The van der Waals surface area contributed by atoms with E-state index in [1.807, 2.05) is 0 Å². The highest BCUT2D eigenvalue weighted by molar-refractivity contribution is 5.93. The molecule has 0 bridgehead atoms. The van der Waals surface area contributed by atoms with E-state index in [1.165, 1.54) is 0 Å². The third-order valence-electron chi connectivity index (χ3n) is 2.08. The van der Waals surface area contributed by atoms with Crippen molar-refractivity contribution in [2.45, 2.75) is 25.2 Å². The Balaban J connectivity index is 2.27. The molecule has 1 heterocycles. The molecule has 3 atom stereocenters. The summed E-state index contributed by atoms with van der Waals surface area (Å²) in [7, 11) is 0. The van der Waals surface area contributed by atoms with Crippen LogP contribution in [0.2, 0.25) is 0 Å². The van der Waals surface area contributed by atoms with Gasteiger partial charge in [-0.25, -0.2) is 4.79 Å². The summed E-state index contributed by atoms with van der Waals surface area (Å²) in [5.74, 6) is -2.39. The maximum atomic E-state index is 11.4. The molecule has 0 aromatic rings. The van der Waals surface area contributed by atoms with E-state index in [-0.39, 0.29) is 13.2 Å². The van der Waals surface area contributed by atoms with E-state index in [2.05, 4.69) is 10.1 Å². The van der Waals surface area contributed by atoms with Gasteiger partial charge in [0.2, 0.25) is 0 Å². The van der Waals surface area contributed by atoms with E-state index in [0.717, 1.165) is 0 Å². The minimum Gasteiger partial charge on any atom is -0.480 e. The summed E-state index contributed by atoms with van der Waals surface area (Å²) in [6, 6.07) is -1.18. The zero-order valence-corrected chi connectivity index (χ0v) is 9.21. The van der Waals surface area contributed by atoms with E-state index in [4.69, 9.17) is 15.6 Å². The number of nitrogens with two attached hydrogens (primary N) is 1. The van der Waals surface area contributed by atoms with E-state index < -0.39 is 36.1 Å². The van der Waals surface area contributed by atoms with Crippen molar-refractivity contribution in [2.24, 2.45) is 5.73 Å². The molecular weight excluding hydrogens is 232 g/mol. The third-order valence-corrected chi connectivity index (χ3v) is 2.08. The van der Waals surface area contributed by atoms with Crippen molar-refractivity contribution in [3.05, 3.63) is 0 Å². The molecule has 0 aromatic carbocycles. The number of carboxylic acids is 1. The number of nitrogens with one attached hydrogen (secondary N) is 1. The van der Waals surface area contributed by atoms with Crippen molar-refractivity contribution < 1.29 is 29.0 Å². The largest absolute Gasteiger partial charge is 0.480 e. The number of carbonyl (C=O) groups excluding carboxylic acids is 2. The van der Waals surface area contributed by atoms with E-state index >= 15 is 0 Å². The van der Waals surface area contributed by atoms with Gasteiger partial charge in [-0.2, -0.15) is 0 Å². The second-order valence-electron chi connectivity index (χ2n) is 3.42. The fraction of sp³-hybridized carbons (Fsp3) is 0.667. The van der Waals surface area contributed by atoms with Gasteiger partial charge >= 0.3 is 11.9 Å². The van der Waals surface area contributed by atoms with Crippen LogP contribution in [0.5, 0.6) is 0 Å². The standard InChI is InChI=1S/C9H14N2O6/c1-2-16-9(15)6-5(17-6)7(12)11-3-4(10)8(13)14/h4-6H,2-3,10H2,1H3,(H,11,12)(H,13,14)/t4-,5+,6+/m0/s1. The maximum absolute atomic E-state index is 11.4. The van der Waals surface area contributed by atoms with Crippen LogP contribution < -0.4 is 11.1 Å². The predicted octanol–water partition coefficient (Wildman–Crippen LogP) is -2.15. The number of hydrogen-bond acceptors (Lipinski definition) is 6. The highest BCUT2D eigenvalue weighted by atomic mass is 16.6. The molecular formula is C9H14N2O6. The van der Waals surface area contributed by atoms with Gasteiger partial charge in [0, 0.05) is 6.54 Å². The zero-order chi connectivity index (χ0) is 13.0. The summed E-state index contributed by atoms with van der Waals surface area (Å²) in [6.07, 6.45) is -1.80. The van der Waals surface area contributed by atoms with Crippen molar-refractivity contribution in [2.75, 3.05) is 13.2 Å². The quantitative estimate of drug-likeness (QED) is 0.359. The van der Waals surface area contributed by atoms with Crippen LogP contribution in [-0.4, -0.2) is 54.4 Å². The Labute approximate surface area is 97.0 Å². The molecule has 0 spiro atoms. The Hall–Kier alpha value is -1.67. The van der Waals surface area contributed by atoms with Gasteiger partial charge in [0.05, 0.1) is 6.61 Å². The van der Waals surface area contributed by atoms with Crippen LogP contribution in [0.1, 0.15) is 6.92 Å². The number of esters is 1. The first kappa shape index (κ1) is 13.4. The molecule has 8 nitrogen and oxygen atoms in total. The molecule has 1 saturated heterocycles. The molecule has 0 radical (unpaired) electrons. The molecule has 96 valence electrons. The number of ether oxygens (including phenoxy) is 2. The lowest BCUT2D eigenvalue weighted by Gasteiger charge is -2.06. The molecule has 1 aliphatic rings. The molecule has 17 heavy (non-hydrogen) atoms. The Kier molecular flexibility index (Phi) is 4.41. The number of aliphatic carboxylic acids is 1. The van der Waals surface area contributed by atoms with Gasteiger partial charge in [0.25, 0.3) is 5.91 Å². The second kappa shape index (κ2) is 5.60. The van der Waals surface area contributed by atoms with Crippen LogP contribution in [-0.2, 0) is 23.9 Å². The first-order valence-corrected chi connectivity index (χ1v) is 5.05. The highest BCUT2D eigenvalue weighted by Crippen LogP contribution is 2.23. The van der Waals surface area contributed by atoms with Crippen molar-refractivity contribution in [3.63, 3.8) is 0 Å². The smallest absolute Gasteiger partial charge is 0.338 e. The Morgan fingerprint density at radius 2 is 2.12 bits per heavy atom. The zero-order valence-electron chi connectivity index (χ0n) is 9.21. The van der Waals surface area contributed by atoms with Crippen LogP contribution in [0.3, 0.4) is 0 Å². The summed E-state index contributed by atoms with van der Waals surface area (Å²) >= 11 is 0. The van der Waals surface area contributed by atoms with Gasteiger partial charge < -0.3 is 25.6 Å². The van der Waals surface area contributed by atoms with Gasteiger partial charge in [0.1, 0.15) is 6.04 Å². The molecule has 0 aliphatic carbocycles. The lowest BCUT2D eigenvalue weighted by molar-refractivity contribution is -0.144. The monoisotopic (exact) mass is 246 g/mol. The van der Waals surface area contributed by atoms with Crippen molar-refractivity contribution in [1.29, 1.82) is 0 Å². The van der Waals surface area contributed by atoms with Crippen LogP contribution in [0, 0.1) is 0 Å². The van der Waals surface area contributed by atoms with Crippen molar-refractivity contribution in [1.82, 2.24) is 5.32 Å².